The maximum Gasteiger partial charge on any atom is 0.178 e. The SMILES string of the molecule is C[C@H]1C[C@@H]2[C@H]3C[C@H](F)C4=CC(=O)C=C[C@@]4(C)[C@H]3[C@H](O)C[C@@]2(C)[C@@H]1C(=O)CO. The number of carbonyl (C=O) groups excluding carboxylic acids is 2. The van der Waals surface area contributed by atoms with Crippen molar-refractivity contribution in [2.24, 2.45) is 40.4 Å². The van der Waals surface area contributed by atoms with Crippen LogP contribution in [0.1, 0.15) is 40.0 Å². The summed E-state index contributed by atoms with van der Waals surface area (Å²) in [4.78, 5) is 24.3. The largest absolute Gasteiger partial charge is 0.393 e. The summed E-state index contributed by atoms with van der Waals surface area (Å²) in [5.74, 6) is -0.626. The molecule has 3 saturated carbocycles. The predicted molar refractivity (Wildman–Crippen MR) is 98.4 cm³/mol. The van der Waals surface area contributed by atoms with E-state index in [1.165, 1.54) is 12.2 Å². The first-order valence-corrected chi connectivity index (χ1v) is 10.0. The third kappa shape index (κ3) is 2.47. The number of Topliss-reactive ketones (excluding diaryl/α,β-unsaturated/α-hetero) is 1. The molecule has 4 nitrogen and oxygen atoms in total. The Morgan fingerprint density at radius 1 is 1.33 bits per heavy atom. The molecule has 27 heavy (non-hydrogen) atoms. The Labute approximate surface area is 159 Å². The highest BCUT2D eigenvalue weighted by Crippen LogP contribution is 2.67. The summed E-state index contributed by atoms with van der Waals surface area (Å²) >= 11 is 0. The molecule has 0 radical (unpaired) electrons. The minimum atomic E-state index is -1.21. The van der Waals surface area contributed by atoms with Crippen LogP contribution in [0.25, 0.3) is 0 Å². The van der Waals surface area contributed by atoms with E-state index < -0.39 is 29.7 Å². The van der Waals surface area contributed by atoms with Gasteiger partial charge in [-0.1, -0.05) is 26.8 Å². The van der Waals surface area contributed by atoms with Gasteiger partial charge in [0, 0.05) is 17.3 Å². The fraction of sp³-hybridized carbons (Fsp3) is 0.727. The Kier molecular flexibility index (Phi) is 4.28. The Morgan fingerprint density at radius 3 is 2.70 bits per heavy atom. The molecule has 0 heterocycles. The van der Waals surface area contributed by atoms with E-state index in [1.807, 2.05) is 20.8 Å². The second kappa shape index (κ2) is 6.08. The molecule has 5 heteroatoms. The summed E-state index contributed by atoms with van der Waals surface area (Å²) in [7, 11) is 0. The lowest BCUT2D eigenvalue weighted by Gasteiger charge is -2.59. The highest BCUT2D eigenvalue weighted by molar-refractivity contribution is 6.01. The summed E-state index contributed by atoms with van der Waals surface area (Å²) in [6.45, 7) is 5.53. The van der Waals surface area contributed by atoms with Crippen LogP contribution in [0.5, 0.6) is 0 Å². The van der Waals surface area contributed by atoms with E-state index in [0.29, 0.717) is 12.0 Å². The molecule has 3 fully saturated rings. The molecule has 0 unspecified atom stereocenters. The molecule has 4 rings (SSSR count). The molecule has 0 bridgehead atoms. The fourth-order valence-electron chi connectivity index (χ4n) is 7.49. The van der Waals surface area contributed by atoms with Gasteiger partial charge in [-0.05, 0) is 60.2 Å². The van der Waals surface area contributed by atoms with E-state index in [9.17, 15) is 19.8 Å². The highest BCUT2D eigenvalue weighted by Gasteiger charge is 2.65. The van der Waals surface area contributed by atoms with Crippen molar-refractivity contribution in [2.75, 3.05) is 6.61 Å². The lowest BCUT2D eigenvalue weighted by atomic mass is 9.46. The fourth-order valence-corrected chi connectivity index (χ4v) is 7.49. The number of hydrogen-bond donors (Lipinski definition) is 2. The first-order valence-electron chi connectivity index (χ1n) is 10.0. The molecule has 0 saturated heterocycles. The third-order valence-electron chi connectivity index (χ3n) is 8.32. The van der Waals surface area contributed by atoms with Crippen molar-refractivity contribution in [3.8, 4) is 0 Å². The lowest BCUT2D eigenvalue weighted by molar-refractivity contribution is -0.144. The van der Waals surface area contributed by atoms with Crippen molar-refractivity contribution in [3.63, 3.8) is 0 Å². The lowest BCUT2D eigenvalue weighted by Crippen LogP contribution is -2.58. The molecule has 0 spiro atoms. The number of hydrogen-bond acceptors (Lipinski definition) is 4. The molecule has 0 aromatic heterocycles. The highest BCUT2D eigenvalue weighted by atomic mass is 19.1. The standard InChI is InChI=1S/C22H29FO4/c1-11-6-14-13-8-16(23)15-7-12(25)4-5-21(15,2)20(13)17(26)9-22(14,3)19(11)18(27)10-24/h4-5,7,11,13-14,16-17,19-20,24,26H,6,8-10H2,1-3H3/t11-,13+,14+,16-,17+,19-,20+,21+,22+/m0/s1. The second-order valence-electron chi connectivity index (χ2n) is 9.71. The van der Waals surface area contributed by atoms with E-state index in [-0.39, 0.29) is 47.6 Å². The maximum atomic E-state index is 15.2. The molecule has 0 aromatic rings. The summed E-state index contributed by atoms with van der Waals surface area (Å²) in [6.07, 6.45) is 4.39. The Hall–Kier alpha value is -1.33. The molecular formula is C22H29FO4. The van der Waals surface area contributed by atoms with Crippen molar-refractivity contribution in [1.82, 2.24) is 0 Å². The number of rotatable bonds is 2. The molecule has 0 amide bonds. The van der Waals surface area contributed by atoms with E-state index in [0.717, 1.165) is 6.42 Å². The van der Waals surface area contributed by atoms with Crippen molar-refractivity contribution < 1.29 is 24.2 Å². The molecule has 9 atom stereocenters. The van der Waals surface area contributed by atoms with Gasteiger partial charge in [0.25, 0.3) is 0 Å². The van der Waals surface area contributed by atoms with Gasteiger partial charge < -0.3 is 10.2 Å². The molecule has 4 aliphatic rings. The van der Waals surface area contributed by atoms with Crippen LogP contribution in [0.4, 0.5) is 4.39 Å². The van der Waals surface area contributed by atoms with E-state index in [1.54, 1.807) is 6.08 Å². The van der Waals surface area contributed by atoms with Crippen LogP contribution >= 0.6 is 0 Å². The quantitative estimate of drug-likeness (QED) is 0.777. The van der Waals surface area contributed by atoms with E-state index in [4.69, 9.17) is 0 Å². The number of ketones is 2. The molecular weight excluding hydrogens is 347 g/mol. The van der Waals surface area contributed by atoms with Gasteiger partial charge >= 0.3 is 0 Å². The van der Waals surface area contributed by atoms with Crippen LogP contribution in [0.2, 0.25) is 0 Å². The molecule has 148 valence electrons. The Morgan fingerprint density at radius 2 is 2.04 bits per heavy atom. The zero-order valence-corrected chi connectivity index (χ0v) is 16.2. The number of aliphatic hydroxyl groups excluding tert-OH is 2. The van der Waals surface area contributed by atoms with Gasteiger partial charge in [-0.15, -0.1) is 0 Å². The number of halogens is 1. The Balaban J connectivity index is 1.77. The van der Waals surface area contributed by atoms with Crippen LogP contribution in [-0.2, 0) is 9.59 Å². The molecule has 0 aliphatic heterocycles. The van der Waals surface area contributed by atoms with Gasteiger partial charge in [-0.25, -0.2) is 4.39 Å². The predicted octanol–water partition coefficient (Wildman–Crippen LogP) is 2.64. The van der Waals surface area contributed by atoms with Crippen molar-refractivity contribution in [1.29, 1.82) is 0 Å². The smallest absolute Gasteiger partial charge is 0.178 e. The van der Waals surface area contributed by atoms with E-state index in [2.05, 4.69) is 0 Å². The van der Waals surface area contributed by atoms with Crippen molar-refractivity contribution in [3.05, 3.63) is 23.8 Å². The summed E-state index contributed by atoms with van der Waals surface area (Å²) < 4.78 is 15.2. The van der Waals surface area contributed by atoms with Crippen LogP contribution in [0, 0.1) is 40.4 Å². The minimum absolute atomic E-state index is 0.0484. The normalized spacial score (nSPS) is 51.3. The monoisotopic (exact) mass is 376 g/mol. The number of carbonyl (C=O) groups is 2. The first kappa shape index (κ1) is 19.0. The first-order chi connectivity index (χ1) is 12.6. The van der Waals surface area contributed by atoms with Crippen molar-refractivity contribution >= 4 is 11.6 Å². The van der Waals surface area contributed by atoms with Gasteiger partial charge in [0.05, 0.1) is 6.10 Å². The van der Waals surface area contributed by atoms with Gasteiger partial charge in [0.2, 0.25) is 0 Å². The second-order valence-corrected chi connectivity index (χ2v) is 9.71. The topological polar surface area (TPSA) is 74.6 Å². The van der Waals surface area contributed by atoms with Gasteiger partial charge in [-0.2, -0.15) is 0 Å². The average Bonchev–Trinajstić information content (AvgIpc) is 2.85. The average molecular weight is 376 g/mol. The van der Waals surface area contributed by atoms with E-state index >= 15 is 4.39 Å². The number of fused-ring (bicyclic) bond motifs is 5. The maximum absolute atomic E-state index is 15.2. The van der Waals surface area contributed by atoms with Crippen molar-refractivity contribution in [2.45, 2.75) is 52.3 Å². The summed E-state index contributed by atoms with van der Waals surface area (Å²) in [5, 5.41) is 20.6. The third-order valence-corrected chi connectivity index (χ3v) is 8.32. The zero-order chi connectivity index (χ0) is 19.7. The molecule has 4 aliphatic carbocycles. The Bertz CT molecular complexity index is 743. The van der Waals surface area contributed by atoms with Gasteiger partial charge in [0.1, 0.15) is 12.8 Å². The van der Waals surface area contributed by atoms with Crippen LogP contribution in [-0.4, -0.2) is 40.7 Å². The minimum Gasteiger partial charge on any atom is -0.393 e. The number of aliphatic hydroxyl groups is 2. The van der Waals surface area contributed by atoms with Gasteiger partial charge in [0.15, 0.2) is 11.6 Å². The zero-order valence-electron chi connectivity index (χ0n) is 16.2. The van der Waals surface area contributed by atoms with Crippen LogP contribution in [0.3, 0.4) is 0 Å². The number of alkyl halides is 1. The van der Waals surface area contributed by atoms with Gasteiger partial charge in [-0.3, -0.25) is 9.59 Å². The molecule has 2 N–H and O–H groups in total. The molecule has 0 aromatic carbocycles. The number of allylic oxidation sites excluding steroid dienone is 4. The van der Waals surface area contributed by atoms with Crippen LogP contribution in [0.15, 0.2) is 23.8 Å². The summed E-state index contributed by atoms with van der Waals surface area (Å²) in [6, 6.07) is 0. The van der Waals surface area contributed by atoms with Crippen LogP contribution < -0.4 is 0 Å². The summed E-state index contributed by atoms with van der Waals surface area (Å²) in [5.41, 5.74) is -0.599.